The molecular formula is C28H19NS. The maximum Gasteiger partial charge on any atom is 0.0639 e. The van der Waals surface area contributed by atoms with Crippen molar-refractivity contribution in [3.8, 4) is 11.1 Å². The Balaban J connectivity index is 1.65. The van der Waals surface area contributed by atoms with Crippen molar-refractivity contribution in [3.05, 3.63) is 96.6 Å². The van der Waals surface area contributed by atoms with Gasteiger partial charge in [-0.3, -0.25) is 4.99 Å². The van der Waals surface area contributed by atoms with Crippen LogP contribution in [-0.2, 0) is 6.54 Å². The zero-order valence-corrected chi connectivity index (χ0v) is 17.2. The summed E-state index contributed by atoms with van der Waals surface area (Å²) in [7, 11) is 0. The van der Waals surface area contributed by atoms with Crippen LogP contribution in [0.15, 0.2) is 96.0 Å². The van der Waals surface area contributed by atoms with Crippen molar-refractivity contribution in [1.82, 2.24) is 0 Å². The van der Waals surface area contributed by atoms with E-state index >= 15 is 0 Å². The molecule has 5 aromatic carbocycles. The lowest BCUT2D eigenvalue weighted by Gasteiger charge is -2.11. The SMILES string of the molecule is C=NCc1cccc2sc3cc(-c4cc5ccccc5c5ccccc45)ccc3c12. The lowest BCUT2D eigenvalue weighted by Crippen LogP contribution is -1.85. The van der Waals surface area contributed by atoms with E-state index < -0.39 is 0 Å². The molecule has 0 saturated heterocycles. The molecular weight excluding hydrogens is 382 g/mol. The topological polar surface area (TPSA) is 12.4 Å². The second-order valence-corrected chi connectivity index (χ2v) is 8.76. The molecule has 0 saturated carbocycles. The van der Waals surface area contributed by atoms with Crippen molar-refractivity contribution in [2.45, 2.75) is 6.54 Å². The van der Waals surface area contributed by atoms with Gasteiger partial charge in [0.2, 0.25) is 0 Å². The van der Waals surface area contributed by atoms with Gasteiger partial charge in [-0.1, -0.05) is 72.8 Å². The van der Waals surface area contributed by atoms with Crippen molar-refractivity contribution in [3.63, 3.8) is 0 Å². The highest BCUT2D eigenvalue weighted by atomic mass is 32.1. The van der Waals surface area contributed by atoms with Gasteiger partial charge in [-0.2, -0.15) is 0 Å². The summed E-state index contributed by atoms with van der Waals surface area (Å²) in [5.74, 6) is 0. The molecule has 6 aromatic rings. The van der Waals surface area contributed by atoms with Gasteiger partial charge >= 0.3 is 0 Å². The first-order valence-corrected chi connectivity index (χ1v) is 10.9. The van der Waals surface area contributed by atoms with Crippen molar-refractivity contribution < 1.29 is 0 Å². The van der Waals surface area contributed by atoms with E-state index in [0.29, 0.717) is 6.54 Å². The molecule has 142 valence electrons. The Labute approximate surface area is 178 Å². The third-order valence-electron chi connectivity index (χ3n) is 5.94. The third-order valence-corrected chi connectivity index (χ3v) is 7.06. The van der Waals surface area contributed by atoms with Crippen molar-refractivity contribution >= 4 is 59.8 Å². The number of nitrogens with zero attached hydrogens (tertiary/aromatic N) is 1. The van der Waals surface area contributed by atoms with Gasteiger partial charge in [0.25, 0.3) is 0 Å². The van der Waals surface area contributed by atoms with Crippen molar-refractivity contribution in [2.24, 2.45) is 4.99 Å². The maximum atomic E-state index is 4.13. The van der Waals surface area contributed by atoms with Gasteiger partial charge in [0, 0.05) is 20.2 Å². The van der Waals surface area contributed by atoms with Crippen LogP contribution < -0.4 is 0 Å². The highest BCUT2D eigenvalue weighted by Crippen LogP contribution is 2.40. The zero-order chi connectivity index (χ0) is 20.1. The van der Waals surface area contributed by atoms with Crippen LogP contribution in [0.4, 0.5) is 0 Å². The zero-order valence-electron chi connectivity index (χ0n) is 16.4. The van der Waals surface area contributed by atoms with Crippen molar-refractivity contribution in [1.29, 1.82) is 0 Å². The fraction of sp³-hybridized carbons (Fsp3) is 0.0357. The summed E-state index contributed by atoms with van der Waals surface area (Å²) < 4.78 is 2.63. The van der Waals surface area contributed by atoms with Crippen LogP contribution in [0.2, 0.25) is 0 Å². The fourth-order valence-electron chi connectivity index (χ4n) is 4.61. The lowest BCUT2D eigenvalue weighted by atomic mass is 9.93. The number of benzene rings is 5. The minimum Gasteiger partial charge on any atom is -0.296 e. The van der Waals surface area contributed by atoms with E-state index in [9.17, 15) is 0 Å². The molecule has 0 fully saturated rings. The maximum absolute atomic E-state index is 4.13. The molecule has 0 atom stereocenters. The minimum absolute atomic E-state index is 0.653. The number of hydrogen-bond donors (Lipinski definition) is 0. The predicted octanol–water partition coefficient (Wildman–Crippen LogP) is 8.23. The van der Waals surface area contributed by atoms with Crippen LogP contribution in [0.1, 0.15) is 5.56 Å². The number of fused-ring (bicyclic) bond motifs is 6. The predicted molar refractivity (Wildman–Crippen MR) is 133 cm³/mol. The largest absolute Gasteiger partial charge is 0.296 e. The molecule has 0 N–H and O–H groups in total. The first-order chi connectivity index (χ1) is 14.8. The minimum atomic E-state index is 0.653. The van der Waals surface area contributed by atoms with Crippen LogP contribution in [0.25, 0.3) is 52.8 Å². The van der Waals surface area contributed by atoms with E-state index in [2.05, 4.69) is 103 Å². The Morgan fingerprint density at radius 2 is 1.47 bits per heavy atom. The Bertz CT molecular complexity index is 1590. The Hall–Kier alpha value is -3.49. The second kappa shape index (κ2) is 6.79. The summed E-state index contributed by atoms with van der Waals surface area (Å²) in [6.45, 7) is 4.34. The van der Waals surface area contributed by atoms with E-state index in [-0.39, 0.29) is 0 Å². The van der Waals surface area contributed by atoms with Crippen LogP contribution >= 0.6 is 11.3 Å². The van der Waals surface area contributed by atoms with Gasteiger partial charge in [0.15, 0.2) is 0 Å². The summed E-state index contributed by atoms with van der Waals surface area (Å²) in [5.41, 5.74) is 3.80. The smallest absolute Gasteiger partial charge is 0.0639 e. The molecule has 30 heavy (non-hydrogen) atoms. The molecule has 0 bridgehead atoms. The quantitative estimate of drug-likeness (QED) is 0.209. The molecule has 0 spiro atoms. The normalized spacial score (nSPS) is 11.6. The standard InChI is InChI=1S/C28H19NS/c1-29-17-20-8-6-12-26-28(20)24-14-13-19(16-27(24)30-26)25-15-18-7-2-3-9-21(18)22-10-4-5-11-23(22)25/h2-16H,1,17H2. The summed E-state index contributed by atoms with van der Waals surface area (Å²) in [6.07, 6.45) is 0. The molecule has 1 aromatic heterocycles. The summed E-state index contributed by atoms with van der Waals surface area (Å²) in [4.78, 5) is 4.13. The molecule has 0 radical (unpaired) electrons. The van der Waals surface area contributed by atoms with E-state index in [4.69, 9.17) is 0 Å². The first-order valence-electron chi connectivity index (χ1n) is 10.1. The molecule has 0 aliphatic heterocycles. The van der Waals surface area contributed by atoms with Gasteiger partial charge in [-0.25, -0.2) is 0 Å². The van der Waals surface area contributed by atoms with Crippen LogP contribution in [-0.4, -0.2) is 6.72 Å². The Morgan fingerprint density at radius 1 is 0.667 bits per heavy atom. The summed E-state index contributed by atoms with van der Waals surface area (Å²) >= 11 is 1.86. The molecule has 0 unspecified atom stereocenters. The molecule has 2 heteroatoms. The highest BCUT2D eigenvalue weighted by molar-refractivity contribution is 7.25. The highest BCUT2D eigenvalue weighted by Gasteiger charge is 2.12. The van der Waals surface area contributed by atoms with Gasteiger partial charge in [0.1, 0.15) is 0 Å². The average Bonchev–Trinajstić information content (AvgIpc) is 3.17. The monoisotopic (exact) mass is 401 g/mol. The second-order valence-electron chi connectivity index (χ2n) is 7.68. The molecule has 1 heterocycles. The van der Waals surface area contributed by atoms with Crippen molar-refractivity contribution in [2.75, 3.05) is 0 Å². The first kappa shape index (κ1) is 17.4. The molecule has 1 nitrogen and oxygen atoms in total. The third kappa shape index (κ3) is 2.58. The number of rotatable bonds is 3. The number of thiophene rings is 1. The van der Waals surface area contributed by atoms with Gasteiger partial charge in [-0.05, 0) is 63.2 Å². The van der Waals surface area contributed by atoms with Crippen LogP contribution in [0.5, 0.6) is 0 Å². The van der Waals surface area contributed by atoms with E-state index in [0.717, 1.165) is 0 Å². The molecule has 0 amide bonds. The van der Waals surface area contributed by atoms with Gasteiger partial charge < -0.3 is 0 Å². The summed E-state index contributed by atoms with van der Waals surface area (Å²) in [5, 5.41) is 7.82. The number of aliphatic imine (C=N–C) groups is 1. The van der Waals surface area contributed by atoms with E-state index in [1.165, 1.54) is 58.4 Å². The lowest BCUT2D eigenvalue weighted by molar-refractivity contribution is 1.10. The molecule has 6 rings (SSSR count). The van der Waals surface area contributed by atoms with E-state index in [1.807, 2.05) is 11.3 Å². The van der Waals surface area contributed by atoms with Gasteiger partial charge in [0.05, 0.1) is 6.54 Å². The Kier molecular flexibility index (Phi) is 3.93. The molecule has 0 aliphatic carbocycles. The Morgan fingerprint density at radius 3 is 2.33 bits per heavy atom. The summed E-state index contributed by atoms with van der Waals surface area (Å²) in [6, 6.07) is 33.1. The van der Waals surface area contributed by atoms with Crippen LogP contribution in [0.3, 0.4) is 0 Å². The van der Waals surface area contributed by atoms with E-state index in [1.54, 1.807) is 0 Å². The molecule has 0 aliphatic rings. The fourth-order valence-corrected chi connectivity index (χ4v) is 5.80. The number of hydrogen-bond acceptors (Lipinski definition) is 2. The van der Waals surface area contributed by atoms with Crippen LogP contribution in [0, 0.1) is 0 Å². The van der Waals surface area contributed by atoms with Gasteiger partial charge in [-0.15, -0.1) is 11.3 Å². The average molecular weight is 402 g/mol.